The summed E-state index contributed by atoms with van der Waals surface area (Å²) in [5, 5.41) is 0. The Hall–Kier alpha value is 0.270. The predicted molar refractivity (Wildman–Crippen MR) is 77.1 cm³/mol. The van der Waals surface area contributed by atoms with Crippen molar-refractivity contribution in [2.24, 2.45) is 11.7 Å². The summed E-state index contributed by atoms with van der Waals surface area (Å²) in [4.78, 5) is 2.57. The molecule has 0 aliphatic heterocycles. The summed E-state index contributed by atoms with van der Waals surface area (Å²) in [6.45, 7) is 11.1. The Morgan fingerprint density at radius 2 is 1.81 bits per heavy atom. The van der Waals surface area contributed by atoms with Gasteiger partial charge in [0.2, 0.25) is 0 Å². The Morgan fingerprint density at radius 3 is 2.19 bits per heavy atom. The van der Waals surface area contributed by atoms with E-state index in [1.807, 2.05) is 11.8 Å². The summed E-state index contributed by atoms with van der Waals surface area (Å²) in [5.74, 6) is 1.97. The standard InChI is InChI=1S/C13H30N2S/c1-11(2)10-15(12(3)4)13(9-14)7-6-8-16-5/h11-13H,6-10,14H2,1-5H3. The van der Waals surface area contributed by atoms with Gasteiger partial charge < -0.3 is 5.73 Å². The molecule has 0 radical (unpaired) electrons. The smallest absolute Gasteiger partial charge is 0.0221 e. The lowest BCUT2D eigenvalue weighted by Crippen LogP contribution is -2.46. The molecule has 2 nitrogen and oxygen atoms in total. The van der Waals surface area contributed by atoms with Gasteiger partial charge in [0.1, 0.15) is 0 Å². The summed E-state index contributed by atoms with van der Waals surface area (Å²) >= 11 is 1.93. The van der Waals surface area contributed by atoms with E-state index in [1.54, 1.807) is 0 Å². The molecule has 0 aliphatic rings. The van der Waals surface area contributed by atoms with Crippen molar-refractivity contribution in [1.82, 2.24) is 4.90 Å². The zero-order chi connectivity index (χ0) is 12.6. The minimum Gasteiger partial charge on any atom is -0.329 e. The molecule has 0 saturated carbocycles. The van der Waals surface area contributed by atoms with Crippen molar-refractivity contribution in [2.45, 2.75) is 52.6 Å². The monoisotopic (exact) mass is 246 g/mol. The highest BCUT2D eigenvalue weighted by molar-refractivity contribution is 7.98. The molecule has 98 valence electrons. The number of nitrogens with zero attached hydrogens (tertiary/aromatic N) is 1. The summed E-state index contributed by atoms with van der Waals surface area (Å²) in [7, 11) is 0. The van der Waals surface area contributed by atoms with Crippen LogP contribution in [0.1, 0.15) is 40.5 Å². The van der Waals surface area contributed by atoms with E-state index >= 15 is 0 Å². The highest BCUT2D eigenvalue weighted by Gasteiger charge is 2.20. The second kappa shape index (κ2) is 9.32. The predicted octanol–water partition coefficient (Wildman–Crippen LogP) is 2.82. The second-order valence-electron chi connectivity index (χ2n) is 5.21. The second-order valence-corrected chi connectivity index (χ2v) is 6.19. The lowest BCUT2D eigenvalue weighted by atomic mass is 10.1. The van der Waals surface area contributed by atoms with Crippen molar-refractivity contribution in [3.8, 4) is 0 Å². The number of hydrogen-bond donors (Lipinski definition) is 1. The molecule has 0 saturated heterocycles. The van der Waals surface area contributed by atoms with Crippen LogP contribution in [-0.4, -0.2) is 42.1 Å². The summed E-state index contributed by atoms with van der Waals surface area (Å²) < 4.78 is 0. The molecule has 3 heteroatoms. The van der Waals surface area contributed by atoms with Gasteiger partial charge in [-0.3, -0.25) is 4.90 Å². The molecule has 0 heterocycles. The van der Waals surface area contributed by atoms with Crippen LogP contribution < -0.4 is 5.73 Å². The fourth-order valence-corrected chi connectivity index (χ4v) is 2.54. The van der Waals surface area contributed by atoms with Crippen LogP contribution in [0, 0.1) is 5.92 Å². The molecule has 0 aliphatic carbocycles. The van der Waals surface area contributed by atoms with Gasteiger partial charge >= 0.3 is 0 Å². The number of rotatable bonds is 9. The van der Waals surface area contributed by atoms with Gasteiger partial charge in [-0.2, -0.15) is 11.8 Å². The van der Waals surface area contributed by atoms with Crippen LogP contribution in [0.4, 0.5) is 0 Å². The van der Waals surface area contributed by atoms with Gasteiger partial charge in [0.15, 0.2) is 0 Å². The van der Waals surface area contributed by atoms with Crippen molar-refractivity contribution in [2.75, 3.05) is 25.1 Å². The first-order valence-electron chi connectivity index (χ1n) is 6.47. The first-order valence-corrected chi connectivity index (χ1v) is 7.87. The van der Waals surface area contributed by atoms with E-state index in [9.17, 15) is 0 Å². The van der Waals surface area contributed by atoms with Crippen molar-refractivity contribution in [3.63, 3.8) is 0 Å². The van der Waals surface area contributed by atoms with E-state index in [1.165, 1.54) is 25.1 Å². The van der Waals surface area contributed by atoms with Gasteiger partial charge in [-0.05, 0) is 44.6 Å². The molecule has 16 heavy (non-hydrogen) atoms. The zero-order valence-corrected chi connectivity index (χ0v) is 12.5. The summed E-state index contributed by atoms with van der Waals surface area (Å²) in [5.41, 5.74) is 5.92. The van der Waals surface area contributed by atoms with Gasteiger partial charge in [-0.1, -0.05) is 13.8 Å². The third-order valence-corrected chi connectivity index (χ3v) is 3.56. The van der Waals surface area contributed by atoms with Crippen molar-refractivity contribution in [3.05, 3.63) is 0 Å². The summed E-state index contributed by atoms with van der Waals surface area (Å²) in [6.07, 6.45) is 4.69. The van der Waals surface area contributed by atoms with Crippen LogP contribution in [-0.2, 0) is 0 Å². The topological polar surface area (TPSA) is 29.3 Å². The van der Waals surface area contributed by atoms with Crippen LogP contribution >= 0.6 is 11.8 Å². The van der Waals surface area contributed by atoms with Crippen LogP contribution in [0.5, 0.6) is 0 Å². The Bertz CT molecular complexity index is 160. The number of thioether (sulfide) groups is 1. The third-order valence-electron chi connectivity index (χ3n) is 2.87. The first-order chi connectivity index (χ1) is 7.52. The van der Waals surface area contributed by atoms with Gasteiger partial charge in [0, 0.05) is 25.2 Å². The minimum atomic E-state index is 0.564. The van der Waals surface area contributed by atoms with Crippen molar-refractivity contribution in [1.29, 1.82) is 0 Å². The summed E-state index contributed by atoms with van der Waals surface area (Å²) in [6, 6.07) is 1.17. The van der Waals surface area contributed by atoms with E-state index in [4.69, 9.17) is 5.73 Å². The highest BCUT2D eigenvalue weighted by atomic mass is 32.2. The maximum Gasteiger partial charge on any atom is 0.0221 e. The van der Waals surface area contributed by atoms with Crippen LogP contribution in [0.25, 0.3) is 0 Å². The Labute approximate surface area is 106 Å². The van der Waals surface area contributed by atoms with Crippen molar-refractivity contribution >= 4 is 11.8 Å². The average Bonchev–Trinajstić information content (AvgIpc) is 2.21. The van der Waals surface area contributed by atoms with E-state index in [0.717, 1.165) is 12.5 Å². The molecule has 0 bridgehead atoms. The molecule has 1 atom stereocenters. The molecule has 0 amide bonds. The maximum atomic E-state index is 5.92. The molecular weight excluding hydrogens is 216 g/mol. The largest absolute Gasteiger partial charge is 0.329 e. The lowest BCUT2D eigenvalue weighted by Gasteiger charge is -2.35. The molecule has 0 aromatic heterocycles. The SMILES string of the molecule is CSCCCC(CN)N(CC(C)C)C(C)C. The average molecular weight is 246 g/mol. The Balaban J connectivity index is 4.22. The van der Waals surface area contributed by atoms with Gasteiger partial charge in [-0.15, -0.1) is 0 Å². The van der Waals surface area contributed by atoms with E-state index in [0.29, 0.717) is 12.1 Å². The van der Waals surface area contributed by atoms with Crippen LogP contribution in [0.2, 0.25) is 0 Å². The molecular formula is C13H30N2S. The van der Waals surface area contributed by atoms with E-state index in [2.05, 4.69) is 38.9 Å². The Morgan fingerprint density at radius 1 is 1.19 bits per heavy atom. The minimum absolute atomic E-state index is 0.564. The molecule has 0 aromatic carbocycles. The van der Waals surface area contributed by atoms with E-state index in [-0.39, 0.29) is 0 Å². The molecule has 0 rings (SSSR count). The zero-order valence-electron chi connectivity index (χ0n) is 11.7. The molecule has 0 fully saturated rings. The maximum absolute atomic E-state index is 5.92. The Kier molecular flexibility index (Phi) is 9.47. The third kappa shape index (κ3) is 6.77. The fourth-order valence-electron chi connectivity index (χ4n) is 2.09. The molecule has 0 aromatic rings. The number of nitrogens with two attached hydrogens (primary N) is 1. The molecule has 1 unspecified atom stereocenters. The number of hydrogen-bond acceptors (Lipinski definition) is 3. The van der Waals surface area contributed by atoms with Crippen LogP contribution in [0.3, 0.4) is 0 Å². The van der Waals surface area contributed by atoms with Crippen molar-refractivity contribution < 1.29 is 0 Å². The first kappa shape index (κ1) is 16.3. The molecule has 2 N–H and O–H groups in total. The van der Waals surface area contributed by atoms with Crippen LogP contribution in [0.15, 0.2) is 0 Å². The fraction of sp³-hybridized carbons (Fsp3) is 1.00. The molecule has 0 spiro atoms. The normalized spacial score (nSPS) is 14.1. The van der Waals surface area contributed by atoms with Gasteiger partial charge in [0.05, 0.1) is 0 Å². The lowest BCUT2D eigenvalue weighted by molar-refractivity contribution is 0.131. The quantitative estimate of drug-likeness (QED) is 0.634. The van der Waals surface area contributed by atoms with Gasteiger partial charge in [-0.25, -0.2) is 0 Å². The van der Waals surface area contributed by atoms with Gasteiger partial charge in [0.25, 0.3) is 0 Å². The highest BCUT2D eigenvalue weighted by Crippen LogP contribution is 2.14. The van der Waals surface area contributed by atoms with E-state index < -0.39 is 0 Å².